The molecular weight excluding hydrogens is 236 g/mol. The van der Waals surface area contributed by atoms with E-state index in [0.717, 1.165) is 18.8 Å². The number of nitrogens with zero attached hydrogens (tertiary/aromatic N) is 1. The van der Waals surface area contributed by atoms with Crippen LogP contribution in [0.25, 0.3) is 0 Å². The van der Waals surface area contributed by atoms with Gasteiger partial charge in [-0.3, -0.25) is 0 Å². The van der Waals surface area contributed by atoms with Crippen LogP contribution in [-0.4, -0.2) is 38.2 Å². The summed E-state index contributed by atoms with van der Waals surface area (Å²) in [6, 6.07) is 8.28. The van der Waals surface area contributed by atoms with Crippen LogP contribution in [-0.2, 0) is 6.54 Å². The van der Waals surface area contributed by atoms with Gasteiger partial charge in [-0.05, 0) is 43.6 Å². The Morgan fingerprint density at radius 3 is 2.37 bits per heavy atom. The van der Waals surface area contributed by atoms with Crippen LogP contribution < -0.4 is 10.1 Å². The van der Waals surface area contributed by atoms with Crippen molar-refractivity contribution >= 4 is 0 Å². The summed E-state index contributed by atoms with van der Waals surface area (Å²) in [6.45, 7) is 5.76. The van der Waals surface area contributed by atoms with Gasteiger partial charge in [0, 0.05) is 19.6 Å². The molecule has 0 aromatic heterocycles. The fourth-order valence-corrected chi connectivity index (χ4v) is 2.57. The Labute approximate surface area is 116 Å². The summed E-state index contributed by atoms with van der Waals surface area (Å²) in [5.74, 6) is 0.924. The molecule has 1 saturated heterocycles. The average Bonchev–Trinajstić information content (AvgIpc) is 2.73. The number of hydrogen-bond donors (Lipinski definition) is 1. The molecule has 0 atom stereocenters. The van der Waals surface area contributed by atoms with Crippen molar-refractivity contribution in [2.45, 2.75) is 32.2 Å². The van der Waals surface area contributed by atoms with Crippen molar-refractivity contribution in [1.29, 1.82) is 0 Å². The van der Waals surface area contributed by atoms with E-state index in [1.165, 1.54) is 50.9 Å². The third kappa shape index (κ3) is 5.21. The smallest absolute Gasteiger partial charge is 0.118 e. The molecule has 1 aromatic rings. The van der Waals surface area contributed by atoms with E-state index >= 15 is 0 Å². The molecule has 0 saturated carbocycles. The second-order valence-corrected chi connectivity index (χ2v) is 5.28. The van der Waals surface area contributed by atoms with Crippen LogP contribution in [0.5, 0.6) is 5.75 Å². The Bertz CT molecular complexity index is 342. The van der Waals surface area contributed by atoms with Crippen LogP contribution in [0.15, 0.2) is 24.3 Å². The molecule has 1 aromatic carbocycles. The second-order valence-electron chi connectivity index (χ2n) is 5.28. The molecule has 0 bridgehead atoms. The van der Waals surface area contributed by atoms with Gasteiger partial charge in [0.15, 0.2) is 0 Å². The van der Waals surface area contributed by atoms with Gasteiger partial charge in [-0.15, -0.1) is 0 Å². The summed E-state index contributed by atoms with van der Waals surface area (Å²) in [4.78, 5) is 2.59. The van der Waals surface area contributed by atoms with Gasteiger partial charge < -0.3 is 15.0 Å². The molecule has 1 aliphatic rings. The standard InChI is InChI=1S/C16H26N2O/c1-19-16-8-6-15(7-9-16)14-17-10-13-18-11-4-2-3-5-12-18/h6-9,17H,2-5,10-14H2,1H3. The third-order valence-corrected chi connectivity index (χ3v) is 3.79. The van der Waals surface area contributed by atoms with Gasteiger partial charge in [0.1, 0.15) is 5.75 Å². The Morgan fingerprint density at radius 1 is 1.05 bits per heavy atom. The highest BCUT2D eigenvalue weighted by Crippen LogP contribution is 2.11. The third-order valence-electron chi connectivity index (χ3n) is 3.79. The maximum absolute atomic E-state index is 5.16. The summed E-state index contributed by atoms with van der Waals surface area (Å²) in [7, 11) is 1.70. The van der Waals surface area contributed by atoms with E-state index in [4.69, 9.17) is 4.74 Å². The second kappa shape index (κ2) is 8.18. The van der Waals surface area contributed by atoms with Crippen LogP contribution in [0.1, 0.15) is 31.2 Å². The largest absolute Gasteiger partial charge is 0.497 e. The van der Waals surface area contributed by atoms with E-state index in [0.29, 0.717) is 0 Å². The topological polar surface area (TPSA) is 24.5 Å². The van der Waals surface area contributed by atoms with E-state index in [1.54, 1.807) is 7.11 Å². The van der Waals surface area contributed by atoms with Crippen molar-refractivity contribution in [2.75, 3.05) is 33.3 Å². The lowest BCUT2D eigenvalue weighted by Gasteiger charge is -2.19. The molecule has 3 heteroatoms. The van der Waals surface area contributed by atoms with E-state index in [9.17, 15) is 0 Å². The highest BCUT2D eigenvalue weighted by Gasteiger charge is 2.07. The molecule has 0 unspecified atom stereocenters. The fraction of sp³-hybridized carbons (Fsp3) is 0.625. The summed E-state index contributed by atoms with van der Waals surface area (Å²) >= 11 is 0. The van der Waals surface area contributed by atoms with Crippen LogP contribution in [0, 0.1) is 0 Å². The fourth-order valence-electron chi connectivity index (χ4n) is 2.57. The molecule has 0 aliphatic carbocycles. The molecular formula is C16H26N2O. The SMILES string of the molecule is COc1ccc(CNCCN2CCCCCC2)cc1. The Kier molecular flexibility index (Phi) is 6.18. The molecule has 19 heavy (non-hydrogen) atoms. The van der Waals surface area contributed by atoms with Crippen molar-refractivity contribution in [3.05, 3.63) is 29.8 Å². The molecule has 106 valence electrons. The number of benzene rings is 1. The van der Waals surface area contributed by atoms with Crippen molar-refractivity contribution in [1.82, 2.24) is 10.2 Å². The molecule has 0 spiro atoms. The predicted octanol–water partition coefficient (Wildman–Crippen LogP) is 2.66. The van der Waals surface area contributed by atoms with Gasteiger partial charge in [-0.1, -0.05) is 25.0 Å². The number of rotatable bonds is 6. The molecule has 1 heterocycles. The van der Waals surface area contributed by atoms with Gasteiger partial charge in [0.05, 0.1) is 7.11 Å². The van der Waals surface area contributed by atoms with Gasteiger partial charge in [-0.2, -0.15) is 0 Å². The highest BCUT2D eigenvalue weighted by molar-refractivity contribution is 5.26. The molecule has 0 amide bonds. The van der Waals surface area contributed by atoms with E-state index in [2.05, 4.69) is 22.3 Å². The summed E-state index contributed by atoms with van der Waals surface area (Å²) < 4.78 is 5.16. The maximum Gasteiger partial charge on any atom is 0.118 e. The Balaban J connectivity index is 1.62. The first-order chi connectivity index (χ1) is 9.38. The zero-order valence-corrected chi connectivity index (χ0v) is 12.0. The molecule has 2 rings (SSSR count). The van der Waals surface area contributed by atoms with Crippen molar-refractivity contribution in [3.63, 3.8) is 0 Å². The van der Waals surface area contributed by atoms with Crippen LogP contribution in [0.4, 0.5) is 0 Å². The first kappa shape index (κ1) is 14.4. The van der Waals surface area contributed by atoms with Crippen molar-refractivity contribution in [3.8, 4) is 5.75 Å². The summed E-state index contributed by atoms with van der Waals surface area (Å²) in [6.07, 6.45) is 5.57. The lowest BCUT2D eigenvalue weighted by Crippen LogP contribution is -2.32. The van der Waals surface area contributed by atoms with Crippen LogP contribution >= 0.6 is 0 Å². The predicted molar refractivity (Wildman–Crippen MR) is 79.6 cm³/mol. The van der Waals surface area contributed by atoms with Gasteiger partial charge in [0.25, 0.3) is 0 Å². The van der Waals surface area contributed by atoms with Crippen molar-refractivity contribution < 1.29 is 4.74 Å². The quantitative estimate of drug-likeness (QED) is 0.798. The Morgan fingerprint density at radius 2 is 1.74 bits per heavy atom. The first-order valence-corrected chi connectivity index (χ1v) is 7.44. The van der Waals surface area contributed by atoms with E-state index in [1.807, 2.05) is 12.1 Å². The van der Waals surface area contributed by atoms with Crippen molar-refractivity contribution in [2.24, 2.45) is 0 Å². The van der Waals surface area contributed by atoms with Gasteiger partial charge in [0.2, 0.25) is 0 Å². The number of ether oxygens (including phenoxy) is 1. The highest BCUT2D eigenvalue weighted by atomic mass is 16.5. The lowest BCUT2D eigenvalue weighted by molar-refractivity contribution is 0.284. The maximum atomic E-state index is 5.16. The minimum atomic E-state index is 0.924. The first-order valence-electron chi connectivity index (χ1n) is 7.44. The average molecular weight is 262 g/mol. The molecule has 3 nitrogen and oxygen atoms in total. The zero-order chi connectivity index (χ0) is 13.3. The lowest BCUT2D eigenvalue weighted by atomic mass is 10.2. The van der Waals surface area contributed by atoms with E-state index in [-0.39, 0.29) is 0 Å². The summed E-state index contributed by atoms with van der Waals surface area (Å²) in [5.41, 5.74) is 1.32. The Hall–Kier alpha value is -1.06. The zero-order valence-electron chi connectivity index (χ0n) is 12.0. The number of hydrogen-bond acceptors (Lipinski definition) is 3. The van der Waals surface area contributed by atoms with Crippen LogP contribution in [0.2, 0.25) is 0 Å². The number of nitrogens with one attached hydrogen (secondary N) is 1. The molecule has 0 radical (unpaired) electrons. The molecule has 1 aliphatic heterocycles. The van der Waals surface area contributed by atoms with E-state index < -0.39 is 0 Å². The molecule has 1 N–H and O–H groups in total. The van der Waals surface area contributed by atoms with Gasteiger partial charge in [-0.25, -0.2) is 0 Å². The van der Waals surface area contributed by atoms with Gasteiger partial charge >= 0.3 is 0 Å². The minimum absolute atomic E-state index is 0.924. The summed E-state index contributed by atoms with van der Waals surface area (Å²) in [5, 5.41) is 3.52. The minimum Gasteiger partial charge on any atom is -0.497 e. The number of methoxy groups -OCH3 is 1. The van der Waals surface area contributed by atoms with Crippen LogP contribution in [0.3, 0.4) is 0 Å². The molecule has 1 fully saturated rings. The monoisotopic (exact) mass is 262 g/mol. The normalized spacial score (nSPS) is 17.1. The number of likely N-dealkylation sites (tertiary alicyclic amines) is 1.